The van der Waals surface area contributed by atoms with Gasteiger partial charge in [0.05, 0.1) is 10.8 Å². The average molecular weight is 331 g/mol. The van der Waals surface area contributed by atoms with Gasteiger partial charge in [0.15, 0.2) is 0 Å². The van der Waals surface area contributed by atoms with Crippen LogP contribution >= 0.6 is 11.3 Å². The van der Waals surface area contributed by atoms with E-state index in [1.807, 2.05) is 13.8 Å². The molecule has 1 atom stereocenters. The summed E-state index contributed by atoms with van der Waals surface area (Å²) in [5, 5.41) is 10.7. The second-order valence-electron chi connectivity index (χ2n) is 7.02. The van der Waals surface area contributed by atoms with Crippen LogP contribution in [0.25, 0.3) is 10.2 Å². The standard InChI is InChI=1S/C17H21N3O2S/c1-10-18-14(20-8-7-17(2,9-20)16(21)22)13-11-5-3-4-6-12(11)23-15(13)19-10/h3-9H2,1-2H3,(H,21,22). The summed E-state index contributed by atoms with van der Waals surface area (Å²) in [5.41, 5.74) is 0.733. The molecule has 3 heterocycles. The van der Waals surface area contributed by atoms with E-state index in [1.54, 1.807) is 11.3 Å². The van der Waals surface area contributed by atoms with Crippen LogP contribution in [0.15, 0.2) is 0 Å². The Morgan fingerprint density at radius 2 is 2.09 bits per heavy atom. The van der Waals surface area contributed by atoms with E-state index in [0.29, 0.717) is 13.0 Å². The molecule has 5 nitrogen and oxygen atoms in total. The SMILES string of the molecule is Cc1nc(N2CCC(C)(C(=O)O)C2)c2c3c(sc2n1)CCCC3. The average Bonchev–Trinajstić information content (AvgIpc) is 3.08. The van der Waals surface area contributed by atoms with Gasteiger partial charge in [0.1, 0.15) is 16.5 Å². The first kappa shape index (κ1) is 14.9. The van der Waals surface area contributed by atoms with Crippen molar-refractivity contribution in [3.05, 3.63) is 16.3 Å². The van der Waals surface area contributed by atoms with Crippen molar-refractivity contribution in [1.29, 1.82) is 0 Å². The highest BCUT2D eigenvalue weighted by molar-refractivity contribution is 7.19. The van der Waals surface area contributed by atoms with E-state index in [9.17, 15) is 9.90 Å². The van der Waals surface area contributed by atoms with Gasteiger partial charge in [-0.2, -0.15) is 0 Å². The first-order valence-corrected chi connectivity index (χ1v) is 9.07. The van der Waals surface area contributed by atoms with E-state index < -0.39 is 11.4 Å². The molecule has 23 heavy (non-hydrogen) atoms. The smallest absolute Gasteiger partial charge is 0.311 e. The van der Waals surface area contributed by atoms with Crippen LogP contribution in [0.3, 0.4) is 0 Å². The molecule has 1 saturated heterocycles. The summed E-state index contributed by atoms with van der Waals surface area (Å²) in [6, 6.07) is 0. The van der Waals surface area contributed by atoms with Crippen LogP contribution in [0, 0.1) is 12.3 Å². The number of nitrogens with zero attached hydrogens (tertiary/aromatic N) is 3. The van der Waals surface area contributed by atoms with Crippen molar-refractivity contribution in [3.8, 4) is 0 Å². The second kappa shape index (κ2) is 5.16. The lowest BCUT2D eigenvalue weighted by atomic mass is 9.90. The molecule has 0 aromatic carbocycles. The van der Waals surface area contributed by atoms with Gasteiger partial charge in [-0.25, -0.2) is 9.97 Å². The van der Waals surface area contributed by atoms with Crippen LogP contribution in [0.2, 0.25) is 0 Å². The zero-order chi connectivity index (χ0) is 16.2. The predicted molar refractivity (Wildman–Crippen MR) is 91.4 cm³/mol. The number of aryl methyl sites for hydroxylation is 3. The van der Waals surface area contributed by atoms with E-state index in [2.05, 4.69) is 9.88 Å². The minimum Gasteiger partial charge on any atom is -0.481 e. The number of aromatic nitrogens is 2. The maximum atomic E-state index is 11.6. The number of fused-ring (bicyclic) bond motifs is 3. The Hall–Kier alpha value is -1.69. The topological polar surface area (TPSA) is 66.3 Å². The Balaban J connectivity index is 1.84. The molecule has 1 N–H and O–H groups in total. The molecule has 1 unspecified atom stereocenters. The first-order valence-electron chi connectivity index (χ1n) is 8.25. The normalized spacial score (nSPS) is 24.2. The van der Waals surface area contributed by atoms with Crippen LogP contribution in [0.4, 0.5) is 5.82 Å². The van der Waals surface area contributed by atoms with E-state index in [4.69, 9.17) is 4.98 Å². The largest absolute Gasteiger partial charge is 0.481 e. The number of carboxylic acids is 1. The fourth-order valence-electron chi connectivity index (χ4n) is 3.79. The lowest BCUT2D eigenvalue weighted by Gasteiger charge is -2.22. The second-order valence-corrected chi connectivity index (χ2v) is 8.11. The summed E-state index contributed by atoms with van der Waals surface area (Å²) in [5.74, 6) is 1.02. The molecule has 0 spiro atoms. The first-order chi connectivity index (χ1) is 11.0. The maximum Gasteiger partial charge on any atom is 0.311 e. The lowest BCUT2D eigenvalue weighted by Crippen LogP contribution is -2.32. The fraction of sp³-hybridized carbons (Fsp3) is 0.588. The molecule has 2 aromatic heterocycles. The van der Waals surface area contributed by atoms with E-state index in [-0.39, 0.29) is 0 Å². The number of carboxylic acid groups (broad SMARTS) is 1. The van der Waals surface area contributed by atoms with Crippen LogP contribution in [-0.2, 0) is 17.6 Å². The van der Waals surface area contributed by atoms with Gasteiger partial charge in [-0.05, 0) is 51.5 Å². The molecule has 1 aliphatic heterocycles. The number of carbonyl (C=O) groups is 1. The van der Waals surface area contributed by atoms with Crippen molar-refractivity contribution in [1.82, 2.24) is 9.97 Å². The maximum absolute atomic E-state index is 11.6. The van der Waals surface area contributed by atoms with Gasteiger partial charge in [-0.3, -0.25) is 4.79 Å². The van der Waals surface area contributed by atoms with Gasteiger partial charge >= 0.3 is 5.97 Å². The Kier molecular flexibility index (Phi) is 3.34. The van der Waals surface area contributed by atoms with Gasteiger partial charge < -0.3 is 10.0 Å². The summed E-state index contributed by atoms with van der Waals surface area (Å²) in [7, 11) is 0. The van der Waals surface area contributed by atoms with E-state index in [1.165, 1.54) is 28.7 Å². The molecular formula is C17H21N3O2S. The highest BCUT2D eigenvalue weighted by Gasteiger charge is 2.41. The summed E-state index contributed by atoms with van der Waals surface area (Å²) >= 11 is 1.80. The minimum atomic E-state index is -0.714. The zero-order valence-corrected chi connectivity index (χ0v) is 14.4. The number of thiophene rings is 1. The summed E-state index contributed by atoms with van der Waals surface area (Å²) in [4.78, 5) is 25.6. The molecular weight excluding hydrogens is 310 g/mol. The van der Waals surface area contributed by atoms with Crippen molar-refractivity contribution >= 4 is 33.3 Å². The molecule has 4 rings (SSSR count). The van der Waals surface area contributed by atoms with E-state index in [0.717, 1.165) is 35.9 Å². The third-order valence-electron chi connectivity index (χ3n) is 5.20. The number of rotatable bonds is 2. The summed E-state index contributed by atoms with van der Waals surface area (Å²) < 4.78 is 0. The zero-order valence-electron chi connectivity index (χ0n) is 13.6. The highest BCUT2D eigenvalue weighted by Crippen LogP contribution is 2.42. The van der Waals surface area contributed by atoms with Crippen molar-refractivity contribution < 1.29 is 9.90 Å². The highest BCUT2D eigenvalue weighted by atomic mass is 32.1. The Morgan fingerprint density at radius 1 is 1.30 bits per heavy atom. The number of aliphatic carboxylic acids is 1. The third-order valence-corrected chi connectivity index (χ3v) is 6.38. The van der Waals surface area contributed by atoms with Gasteiger partial charge in [-0.1, -0.05) is 0 Å². The quantitative estimate of drug-likeness (QED) is 0.915. The van der Waals surface area contributed by atoms with E-state index >= 15 is 0 Å². The van der Waals surface area contributed by atoms with Crippen LogP contribution in [0.5, 0.6) is 0 Å². The molecule has 6 heteroatoms. The Morgan fingerprint density at radius 3 is 2.83 bits per heavy atom. The molecule has 0 radical (unpaired) electrons. The van der Waals surface area contributed by atoms with Crippen LogP contribution in [0.1, 0.15) is 42.5 Å². The molecule has 122 valence electrons. The van der Waals surface area contributed by atoms with Crippen molar-refractivity contribution in [2.24, 2.45) is 5.41 Å². The molecule has 0 bridgehead atoms. The fourth-order valence-corrected chi connectivity index (χ4v) is 5.09. The Bertz CT molecular complexity index is 801. The number of anilines is 1. The van der Waals surface area contributed by atoms with Crippen molar-refractivity contribution in [2.45, 2.75) is 46.0 Å². The molecule has 2 aliphatic rings. The third kappa shape index (κ3) is 2.31. The number of hydrogen-bond acceptors (Lipinski definition) is 5. The number of hydrogen-bond donors (Lipinski definition) is 1. The Labute approximate surface area is 139 Å². The summed E-state index contributed by atoms with van der Waals surface area (Å²) in [6.07, 6.45) is 5.38. The predicted octanol–water partition coefficient (Wildman–Crippen LogP) is 3.18. The van der Waals surface area contributed by atoms with Crippen LogP contribution in [-0.4, -0.2) is 34.1 Å². The van der Waals surface area contributed by atoms with Crippen molar-refractivity contribution in [2.75, 3.05) is 18.0 Å². The molecule has 1 fully saturated rings. The van der Waals surface area contributed by atoms with Gasteiger partial charge in [0.2, 0.25) is 0 Å². The molecule has 1 aliphatic carbocycles. The van der Waals surface area contributed by atoms with Crippen LogP contribution < -0.4 is 4.90 Å². The minimum absolute atomic E-state index is 0.526. The van der Waals surface area contributed by atoms with Crippen molar-refractivity contribution in [3.63, 3.8) is 0 Å². The monoisotopic (exact) mass is 331 g/mol. The van der Waals surface area contributed by atoms with Gasteiger partial charge in [0, 0.05) is 18.0 Å². The summed E-state index contributed by atoms with van der Waals surface area (Å²) in [6.45, 7) is 5.04. The molecule has 0 saturated carbocycles. The molecule has 0 amide bonds. The lowest BCUT2D eigenvalue weighted by molar-refractivity contribution is -0.146. The van der Waals surface area contributed by atoms with Gasteiger partial charge in [-0.15, -0.1) is 11.3 Å². The van der Waals surface area contributed by atoms with Gasteiger partial charge in [0.25, 0.3) is 0 Å². The molecule has 2 aromatic rings.